The highest BCUT2D eigenvalue weighted by Gasteiger charge is 2.28. The monoisotopic (exact) mass is 368 g/mol. The second-order valence-electron chi connectivity index (χ2n) is 7.62. The lowest BCUT2D eigenvalue weighted by atomic mass is 9.92. The Morgan fingerprint density at radius 1 is 1.33 bits per heavy atom. The minimum absolute atomic E-state index is 0.0300. The molecule has 3 heterocycles. The van der Waals surface area contributed by atoms with Gasteiger partial charge in [0.15, 0.2) is 0 Å². The minimum Gasteiger partial charge on any atom is -0.491 e. The molecule has 0 radical (unpaired) electrons. The quantitative estimate of drug-likeness (QED) is 0.906. The van der Waals surface area contributed by atoms with Gasteiger partial charge < -0.3 is 15.0 Å². The molecule has 2 aromatic rings. The van der Waals surface area contributed by atoms with E-state index in [0.717, 1.165) is 50.2 Å². The first-order valence-corrected chi connectivity index (χ1v) is 9.93. The smallest absolute Gasteiger partial charge is 0.317 e. The van der Waals surface area contributed by atoms with Gasteiger partial charge in [0, 0.05) is 25.8 Å². The summed E-state index contributed by atoms with van der Waals surface area (Å²) in [4.78, 5) is 14.6. The van der Waals surface area contributed by atoms with Crippen LogP contribution in [0.3, 0.4) is 0 Å². The molecular formula is C21H28N4O2. The van der Waals surface area contributed by atoms with E-state index in [0.29, 0.717) is 12.5 Å². The van der Waals surface area contributed by atoms with Gasteiger partial charge in [0.2, 0.25) is 0 Å². The molecule has 2 aliphatic rings. The van der Waals surface area contributed by atoms with Crippen molar-refractivity contribution in [3.8, 4) is 5.75 Å². The van der Waals surface area contributed by atoms with Crippen molar-refractivity contribution in [2.75, 3.05) is 19.7 Å². The maximum atomic E-state index is 12.7. The van der Waals surface area contributed by atoms with Crippen molar-refractivity contribution in [2.24, 2.45) is 0 Å². The normalized spacial score (nSPS) is 20.1. The Labute approximate surface area is 160 Å². The van der Waals surface area contributed by atoms with Crippen LogP contribution in [0.2, 0.25) is 0 Å². The lowest BCUT2D eigenvalue weighted by molar-refractivity contribution is 0.167. The van der Waals surface area contributed by atoms with Crippen LogP contribution in [-0.4, -0.2) is 46.4 Å². The van der Waals surface area contributed by atoms with E-state index in [4.69, 9.17) is 4.74 Å². The molecule has 6 nitrogen and oxygen atoms in total. The molecule has 1 N–H and O–H groups in total. The van der Waals surface area contributed by atoms with Crippen molar-refractivity contribution in [1.82, 2.24) is 20.0 Å². The van der Waals surface area contributed by atoms with Crippen molar-refractivity contribution in [3.63, 3.8) is 0 Å². The molecule has 0 saturated carbocycles. The molecule has 1 aromatic heterocycles. The molecule has 27 heavy (non-hydrogen) atoms. The second-order valence-corrected chi connectivity index (χ2v) is 7.62. The first-order chi connectivity index (χ1) is 13.1. The highest BCUT2D eigenvalue weighted by Crippen LogP contribution is 2.29. The summed E-state index contributed by atoms with van der Waals surface area (Å²) >= 11 is 0. The van der Waals surface area contributed by atoms with Crippen LogP contribution < -0.4 is 10.1 Å². The zero-order valence-electron chi connectivity index (χ0n) is 16.1. The van der Waals surface area contributed by atoms with Crippen molar-refractivity contribution in [3.05, 3.63) is 47.3 Å². The summed E-state index contributed by atoms with van der Waals surface area (Å²) in [6.45, 7) is 7.17. The lowest BCUT2D eigenvalue weighted by Crippen LogP contribution is -2.50. The predicted molar refractivity (Wildman–Crippen MR) is 104 cm³/mol. The van der Waals surface area contributed by atoms with E-state index in [9.17, 15) is 4.79 Å². The number of hydrogen-bond donors (Lipinski definition) is 1. The number of carbonyl (C=O) groups excluding carboxylic acids is 1. The van der Waals surface area contributed by atoms with Crippen LogP contribution in [0.25, 0.3) is 0 Å². The topological polar surface area (TPSA) is 59.4 Å². The number of likely N-dealkylation sites (tertiary alicyclic amines) is 1. The summed E-state index contributed by atoms with van der Waals surface area (Å²) < 4.78 is 7.87. The summed E-state index contributed by atoms with van der Waals surface area (Å²) in [5.41, 5.74) is 3.63. The van der Waals surface area contributed by atoms with E-state index in [1.54, 1.807) is 0 Å². The molecule has 1 aromatic carbocycles. The van der Waals surface area contributed by atoms with E-state index in [2.05, 4.69) is 42.6 Å². The number of para-hydroxylation sites is 1. The highest BCUT2D eigenvalue weighted by molar-refractivity contribution is 5.74. The van der Waals surface area contributed by atoms with Crippen LogP contribution in [0.5, 0.6) is 5.75 Å². The van der Waals surface area contributed by atoms with E-state index in [1.807, 2.05) is 21.8 Å². The molecule has 144 valence electrons. The van der Waals surface area contributed by atoms with Crippen LogP contribution >= 0.6 is 0 Å². The molecule has 0 bridgehead atoms. The lowest BCUT2D eigenvalue weighted by Gasteiger charge is -2.34. The minimum atomic E-state index is 0.0300. The number of fused-ring (bicyclic) bond motifs is 1. The fourth-order valence-electron chi connectivity index (χ4n) is 4.13. The molecule has 2 aliphatic heterocycles. The van der Waals surface area contributed by atoms with Crippen LogP contribution in [0.4, 0.5) is 4.79 Å². The zero-order valence-corrected chi connectivity index (χ0v) is 16.1. The number of nitrogens with zero attached hydrogens (tertiary/aromatic N) is 3. The second kappa shape index (κ2) is 7.62. The van der Waals surface area contributed by atoms with Crippen molar-refractivity contribution in [2.45, 2.75) is 51.6 Å². The zero-order chi connectivity index (χ0) is 18.8. The molecular weight excluding hydrogens is 340 g/mol. The SMILES string of the molecule is CCn1cc(C2CCN(C(=O)NC3COc4c(C)cccc4C3)CC2)cn1. The average molecular weight is 368 g/mol. The van der Waals surface area contributed by atoms with Gasteiger partial charge in [-0.15, -0.1) is 0 Å². The van der Waals surface area contributed by atoms with Gasteiger partial charge in [0.05, 0.1) is 12.2 Å². The van der Waals surface area contributed by atoms with Crippen molar-refractivity contribution < 1.29 is 9.53 Å². The van der Waals surface area contributed by atoms with Gasteiger partial charge in [0.1, 0.15) is 12.4 Å². The molecule has 1 unspecified atom stereocenters. The number of rotatable bonds is 3. The fourth-order valence-corrected chi connectivity index (χ4v) is 4.13. The summed E-state index contributed by atoms with van der Waals surface area (Å²) in [5, 5.41) is 7.54. The van der Waals surface area contributed by atoms with Gasteiger partial charge >= 0.3 is 6.03 Å². The number of ether oxygens (including phenoxy) is 1. The predicted octanol–water partition coefficient (Wildman–Crippen LogP) is 3.10. The molecule has 1 atom stereocenters. The Morgan fingerprint density at radius 2 is 2.15 bits per heavy atom. The maximum absolute atomic E-state index is 12.7. The van der Waals surface area contributed by atoms with Crippen molar-refractivity contribution >= 4 is 6.03 Å². The standard InChI is InChI=1S/C21H28N4O2/c1-3-25-13-18(12-22-25)16-7-9-24(10-8-16)21(26)23-19-11-17-6-4-5-15(2)20(17)27-14-19/h4-6,12-13,16,19H,3,7-11,14H2,1-2H3,(H,23,26). The van der Waals surface area contributed by atoms with Gasteiger partial charge in [-0.1, -0.05) is 18.2 Å². The van der Waals surface area contributed by atoms with E-state index < -0.39 is 0 Å². The number of benzene rings is 1. The van der Waals surface area contributed by atoms with Crippen molar-refractivity contribution in [1.29, 1.82) is 0 Å². The first kappa shape index (κ1) is 17.9. The molecule has 1 saturated heterocycles. The average Bonchev–Trinajstić information content (AvgIpc) is 3.17. The summed E-state index contributed by atoms with van der Waals surface area (Å²) in [5.74, 6) is 1.48. The molecule has 4 rings (SSSR count). The van der Waals surface area contributed by atoms with Gasteiger partial charge in [-0.25, -0.2) is 4.79 Å². The number of aryl methyl sites for hydroxylation is 2. The van der Waals surface area contributed by atoms with Gasteiger partial charge in [0.25, 0.3) is 0 Å². The number of amides is 2. The van der Waals surface area contributed by atoms with E-state index >= 15 is 0 Å². The number of urea groups is 1. The molecule has 0 aliphatic carbocycles. The third-order valence-corrected chi connectivity index (χ3v) is 5.75. The molecule has 6 heteroatoms. The van der Waals surface area contributed by atoms with Gasteiger partial charge in [-0.3, -0.25) is 4.68 Å². The van der Waals surface area contributed by atoms with Gasteiger partial charge in [-0.05, 0) is 55.7 Å². The fraction of sp³-hybridized carbons (Fsp3) is 0.524. The van der Waals surface area contributed by atoms with E-state index in [-0.39, 0.29) is 12.1 Å². The molecule has 0 spiro atoms. The third kappa shape index (κ3) is 3.80. The Hall–Kier alpha value is -2.50. The van der Waals surface area contributed by atoms with Crippen LogP contribution in [-0.2, 0) is 13.0 Å². The summed E-state index contributed by atoms with van der Waals surface area (Å²) in [6, 6.07) is 6.26. The largest absolute Gasteiger partial charge is 0.491 e. The van der Waals surface area contributed by atoms with Crippen LogP contribution in [0.15, 0.2) is 30.6 Å². The maximum Gasteiger partial charge on any atom is 0.317 e. The highest BCUT2D eigenvalue weighted by atomic mass is 16.5. The summed E-state index contributed by atoms with van der Waals surface area (Å²) in [6.07, 6.45) is 6.93. The number of hydrogen-bond acceptors (Lipinski definition) is 3. The molecule has 1 fully saturated rings. The van der Waals surface area contributed by atoms with Crippen LogP contribution in [0, 0.1) is 6.92 Å². The first-order valence-electron chi connectivity index (χ1n) is 9.93. The molecule has 2 amide bonds. The Morgan fingerprint density at radius 3 is 2.89 bits per heavy atom. The third-order valence-electron chi connectivity index (χ3n) is 5.75. The Balaban J connectivity index is 1.30. The van der Waals surface area contributed by atoms with Gasteiger partial charge in [-0.2, -0.15) is 5.10 Å². The number of piperidine rings is 1. The Kier molecular flexibility index (Phi) is 5.05. The number of carbonyl (C=O) groups is 1. The van der Waals surface area contributed by atoms with Crippen LogP contribution in [0.1, 0.15) is 42.4 Å². The number of nitrogens with one attached hydrogen (secondary N) is 1. The Bertz CT molecular complexity index is 808. The number of aromatic nitrogens is 2. The van der Waals surface area contributed by atoms with E-state index in [1.165, 1.54) is 11.1 Å². The summed E-state index contributed by atoms with van der Waals surface area (Å²) in [7, 11) is 0.